The first-order chi connectivity index (χ1) is 13.7. The first-order valence-electron chi connectivity index (χ1n) is 9.42. The summed E-state index contributed by atoms with van der Waals surface area (Å²) in [7, 11) is 2.01. The van der Waals surface area contributed by atoms with Crippen molar-refractivity contribution in [2.24, 2.45) is 7.05 Å². The summed E-state index contributed by atoms with van der Waals surface area (Å²) >= 11 is 0. The summed E-state index contributed by atoms with van der Waals surface area (Å²) in [5.74, 6) is 0.934. The minimum atomic E-state index is 0.0606. The lowest BCUT2D eigenvalue weighted by molar-refractivity contribution is -0.121. The molecule has 1 N–H and O–H groups in total. The summed E-state index contributed by atoms with van der Waals surface area (Å²) in [6, 6.07) is 12.2. The number of nitrogens with one attached hydrogen (secondary N) is 1. The van der Waals surface area contributed by atoms with E-state index in [0.717, 1.165) is 47.4 Å². The largest absolute Gasteiger partial charge is 0.353 e. The van der Waals surface area contributed by atoms with Gasteiger partial charge < -0.3 is 14.8 Å². The van der Waals surface area contributed by atoms with Gasteiger partial charge in [-0.25, -0.2) is 0 Å². The van der Waals surface area contributed by atoms with E-state index in [9.17, 15) is 4.79 Å². The Morgan fingerprint density at radius 3 is 3.07 bits per heavy atom. The highest BCUT2D eigenvalue weighted by Gasteiger charge is 2.25. The number of benzene rings is 1. The van der Waals surface area contributed by atoms with Crippen molar-refractivity contribution in [2.75, 3.05) is 18.0 Å². The minimum absolute atomic E-state index is 0.0606. The van der Waals surface area contributed by atoms with Gasteiger partial charge in [-0.15, -0.1) is 15.3 Å². The van der Waals surface area contributed by atoms with Gasteiger partial charge >= 0.3 is 0 Å². The van der Waals surface area contributed by atoms with Crippen molar-refractivity contribution in [1.29, 1.82) is 0 Å². The number of nitrogens with zero attached hydrogens (tertiary/aromatic N) is 6. The molecule has 0 saturated carbocycles. The normalized spacial score (nSPS) is 16.9. The van der Waals surface area contributed by atoms with Gasteiger partial charge in [0.25, 0.3) is 0 Å². The Morgan fingerprint density at radius 1 is 1.25 bits per heavy atom. The number of hydrogen-bond donors (Lipinski definition) is 1. The molecule has 142 valence electrons. The molecule has 0 aliphatic carbocycles. The smallest absolute Gasteiger partial charge is 0.224 e. The molecule has 8 nitrogen and oxygen atoms in total. The second-order valence-electron chi connectivity index (χ2n) is 7.28. The Morgan fingerprint density at radius 2 is 2.14 bits per heavy atom. The van der Waals surface area contributed by atoms with E-state index in [1.165, 1.54) is 0 Å². The Balaban J connectivity index is 1.24. The van der Waals surface area contributed by atoms with E-state index in [1.54, 1.807) is 10.8 Å². The summed E-state index contributed by atoms with van der Waals surface area (Å²) in [5.41, 5.74) is 2.93. The number of fused-ring (bicyclic) bond motifs is 2. The van der Waals surface area contributed by atoms with E-state index < -0.39 is 0 Å². The maximum absolute atomic E-state index is 12.6. The molecule has 5 rings (SSSR count). The van der Waals surface area contributed by atoms with Crippen molar-refractivity contribution in [1.82, 2.24) is 29.7 Å². The van der Waals surface area contributed by atoms with Gasteiger partial charge in [0.05, 0.1) is 6.42 Å². The number of amides is 1. The molecule has 1 fully saturated rings. The fourth-order valence-corrected chi connectivity index (χ4v) is 3.99. The highest BCUT2D eigenvalue weighted by atomic mass is 16.1. The molecule has 4 heterocycles. The quantitative estimate of drug-likeness (QED) is 0.585. The van der Waals surface area contributed by atoms with Crippen LogP contribution in [0.15, 0.2) is 48.9 Å². The molecule has 0 spiro atoms. The zero-order valence-corrected chi connectivity index (χ0v) is 15.6. The molecule has 1 aliphatic rings. The molecule has 1 aliphatic heterocycles. The fourth-order valence-electron chi connectivity index (χ4n) is 3.99. The molecular formula is C20H21N7O. The standard InChI is InChI=1S/C20H21N7O/c1-25-11-14(16-4-2-3-5-17(16)25)10-20(28)22-15-8-9-26(12-15)19-7-6-18-23-21-13-27(18)24-19/h2-7,11,13,15H,8-10,12H2,1H3,(H,22,28)/t15-/m0/s1. The summed E-state index contributed by atoms with van der Waals surface area (Å²) in [6.45, 7) is 1.61. The molecule has 1 aromatic carbocycles. The van der Waals surface area contributed by atoms with E-state index in [1.807, 2.05) is 37.5 Å². The van der Waals surface area contributed by atoms with E-state index in [-0.39, 0.29) is 11.9 Å². The van der Waals surface area contributed by atoms with E-state index >= 15 is 0 Å². The zero-order valence-electron chi connectivity index (χ0n) is 15.6. The van der Waals surface area contributed by atoms with Crippen LogP contribution in [-0.2, 0) is 18.3 Å². The summed E-state index contributed by atoms with van der Waals surface area (Å²) in [4.78, 5) is 14.8. The van der Waals surface area contributed by atoms with Crippen molar-refractivity contribution in [3.8, 4) is 0 Å². The number of carbonyl (C=O) groups excluding carboxylic acids is 1. The van der Waals surface area contributed by atoms with Crippen molar-refractivity contribution in [3.05, 3.63) is 54.5 Å². The molecular weight excluding hydrogens is 354 g/mol. The van der Waals surface area contributed by atoms with Crippen LogP contribution in [0.25, 0.3) is 16.6 Å². The Labute approximate surface area is 161 Å². The van der Waals surface area contributed by atoms with Crippen molar-refractivity contribution < 1.29 is 4.79 Å². The van der Waals surface area contributed by atoms with Gasteiger partial charge in [-0.1, -0.05) is 18.2 Å². The molecule has 28 heavy (non-hydrogen) atoms. The van der Waals surface area contributed by atoms with Crippen LogP contribution in [-0.4, -0.2) is 49.4 Å². The maximum atomic E-state index is 12.6. The Bertz CT molecular complexity index is 1160. The minimum Gasteiger partial charge on any atom is -0.353 e. The van der Waals surface area contributed by atoms with Crippen LogP contribution in [0.1, 0.15) is 12.0 Å². The number of aromatic nitrogens is 5. The number of hydrogen-bond acceptors (Lipinski definition) is 5. The second kappa shape index (κ2) is 6.63. The SMILES string of the molecule is Cn1cc(CC(=O)N[C@H]2CCN(c3ccc4nncn4n3)C2)c2ccccc21. The molecule has 0 unspecified atom stereocenters. The topological polar surface area (TPSA) is 80.4 Å². The van der Waals surface area contributed by atoms with Crippen LogP contribution >= 0.6 is 0 Å². The highest BCUT2D eigenvalue weighted by molar-refractivity contribution is 5.89. The third kappa shape index (κ3) is 2.96. The van der Waals surface area contributed by atoms with Gasteiger partial charge in [0.2, 0.25) is 5.91 Å². The van der Waals surface area contributed by atoms with Crippen LogP contribution in [0, 0.1) is 0 Å². The van der Waals surface area contributed by atoms with Gasteiger partial charge in [0.1, 0.15) is 12.1 Å². The summed E-state index contributed by atoms with van der Waals surface area (Å²) < 4.78 is 3.74. The Kier molecular flexibility index (Phi) is 3.96. The number of anilines is 1. The number of aryl methyl sites for hydroxylation is 1. The van der Waals surface area contributed by atoms with Crippen molar-refractivity contribution >= 4 is 28.3 Å². The first-order valence-corrected chi connectivity index (χ1v) is 9.42. The van der Waals surface area contributed by atoms with Crippen LogP contribution in [0.4, 0.5) is 5.82 Å². The van der Waals surface area contributed by atoms with Gasteiger partial charge in [-0.05, 0) is 30.2 Å². The van der Waals surface area contributed by atoms with E-state index in [2.05, 4.69) is 42.2 Å². The molecule has 3 aromatic heterocycles. The first kappa shape index (κ1) is 16.7. The number of rotatable bonds is 4. The van der Waals surface area contributed by atoms with Gasteiger partial charge in [-0.2, -0.15) is 4.52 Å². The molecule has 0 radical (unpaired) electrons. The number of para-hydroxylation sites is 1. The lowest BCUT2D eigenvalue weighted by Gasteiger charge is -2.17. The third-order valence-electron chi connectivity index (χ3n) is 5.36. The fraction of sp³-hybridized carbons (Fsp3) is 0.300. The average molecular weight is 375 g/mol. The summed E-state index contributed by atoms with van der Waals surface area (Å²) in [6.07, 6.45) is 4.94. The highest BCUT2D eigenvalue weighted by Crippen LogP contribution is 2.21. The predicted octanol–water partition coefficient (Wildman–Crippen LogP) is 1.55. The molecule has 0 bridgehead atoms. The lowest BCUT2D eigenvalue weighted by Crippen LogP contribution is -2.38. The number of carbonyl (C=O) groups is 1. The summed E-state index contributed by atoms with van der Waals surface area (Å²) in [5, 5.41) is 16.7. The molecule has 1 amide bonds. The molecule has 8 heteroatoms. The second-order valence-corrected chi connectivity index (χ2v) is 7.28. The van der Waals surface area contributed by atoms with Crippen molar-refractivity contribution in [3.63, 3.8) is 0 Å². The lowest BCUT2D eigenvalue weighted by atomic mass is 10.1. The molecule has 1 atom stereocenters. The molecule has 1 saturated heterocycles. The maximum Gasteiger partial charge on any atom is 0.224 e. The monoisotopic (exact) mass is 375 g/mol. The van der Waals surface area contributed by atoms with E-state index in [0.29, 0.717) is 6.42 Å². The van der Waals surface area contributed by atoms with Gasteiger partial charge in [0, 0.05) is 43.3 Å². The molecule has 4 aromatic rings. The average Bonchev–Trinajstić information content (AvgIpc) is 3.41. The zero-order chi connectivity index (χ0) is 19.1. The van der Waals surface area contributed by atoms with Gasteiger partial charge in [0.15, 0.2) is 5.65 Å². The van der Waals surface area contributed by atoms with Crippen LogP contribution in [0.5, 0.6) is 0 Å². The van der Waals surface area contributed by atoms with E-state index in [4.69, 9.17) is 0 Å². The van der Waals surface area contributed by atoms with Gasteiger partial charge in [-0.3, -0.25) is 4.79 Å². The van der Waals surface area contributed by atoms with Crippen LogP contribution in [0.2, 0.25) is 0 Å². The predicted molar refractivity (Wildman–Crippen MR) is 106 cm³/mol. The van der Waals surface area contributed by atoms with Crippen LogP contribution in [0.3, 0.4) is 0 Å². The van der Waals surface area contributed by atoms with Crippen molar-refractivity contribution in [2.45, 2.75) is 18.9 Å². The van der Waals surface area contributed by atoms with Crippen LogP contribution < -0.4 is 10.2 Å². The Hall–Kier alpha value is -3.42. The third-order valence-corrected chi connectivity index (χ3v) is 5.36.